The van der Waals surface area contributed by atoms with E-state index in [4.69, 9.17) is 4.74 Å². The number of aryl methyl sites for hydroxylation is 1. The fourth-order valence-electron chi connectivity index (χ4n) is 2.25. The quantitative estimate of drug-likeness (QED) is 0.749. The van der Waals surface area contributed by atoms with E-state index in [0.29, 0.717) is 35.0 Å². The first-order valence-electron chi connectivity index (χ1n) is 7.87. The SMILES string of the molecule is CCc1cc(C(=O)Nc2ccc(Oc3ccccc3)cn2)cc(=O)[nH]1. The second-order valence-electron chi connectivity index (χ2n) is 5.36. The average Bonchev–Trinajstić information content (AvgIpc) is 2.63. The number of aromatic nitrogens is 2. The van der Waals surface area contributed by atoms with Crippen LogP contribution < -0.4 is 15.6 Å². The number of carbonyl (C=O) groups is 1. The minimum Gasteiger partial charge on any atom is -0.456 e. The molecule has 2 N–H and O–H groups in total. The van der Waals surface area contributed by atoms with E-state index >= 15 is 0 Å². The van der Waals surface area contributed by atoms with E-state index in [1.165, 1.54) is 12.3 Å². The van der Waals surface area contributed by atoms with Gasteiger partial charge in [-0.15, -0.1) is 0 Å². The van der Waals surface area contributed by atoms with E-state index in [2.05, 4.69) is 15.3 Å². The predicted octanol–water partition coefficient (Wildman–Crippen LogP) is 3.38. The Bertz CT molecular complexity index is 919. The highest BCUT2D eigenvalue weighted by Crippen LogP contribution is 2.21. The van der Waals surface area contributed by atoms with Crippen LogP contribution in [0.3, 0.4) is 0 Å². The molecule has 2 heterocycles. The van der Waals surface area contributed by atoms with Crippen molar-refractivity contribution in [1.82, 2.24) is 9.97 Å². The van der Waals surface area contributed by atoms with Crippen LogP contribution >= 0.6 is 0 Å². The number of pyridine rings is 2. The van der Waals surface area contributed by atoms with Crippen molar-refractivity contribution in [2.45, 2.75) is 13.3 Å². The van der Waals surface area contributed by atoms with Crippen LogP contribution in [0.15, 0.2) is 65.6 Å². The zero-order valence-corrected chi connectivity index (χ0v) is 13.7. The number of anilines is 1. The Kier molecular flexibility index (Phi) is 4.89. The number of para-hydroxylation sites is 1. The number of benzene rings is 1. The maximum atomic E-state index is 12.3. The van der Waals surface area contributed by atoms with Crippen molar-refractivity contribution in [3.8, 4) is 11.5 Å². The monoisotopic (exact) mass is 335 g/mol. The number of H-pyrrole nitrogens is 1. The predicted molar refractivity (Wildman–Crippen MR) is 95.1 cm³/mol. The van der Waals surface area contributed by atoms with Crippen molar-refractivity contribution in [3.63, 3.8) is 0 Å². The van der Waals surface area contributed by atoms with Gasteiger partial charge >= 0.3 is 0 Å². The molecule has 25 heavy (non-hydrogen) atoms. The first-order chi connectivity index (χ1) is 12.1. The zero-order chi connectivity index (χ0) is 17.6. The molecule has 0 aliphatic carbocycles. The van der Waals surface area contributed by atoms with E-state index in [-0.39, 0.29) is 11.5 Å². The highest BCUT2D eigenvalue weighted by atomic mass is 16.5. The molecule has 0 aliphatic rings. The van der Waals surface area contributed by atoms with Gasteiger partial charge in [0.1, 0.15) is 17.3 Å². The molecule has 1 amide bonds. The molecule has 2 aromatic heterocycles. The lowest BCUT2D eigenvalue weighted by atomic mass is 10.2. The molecular formula is C19H17N3O3. The minimum atomic E-state index is -0.384. The summed E-state index contributed by atoms with van der Waals surface area (Å²) >= 11 is 0. The number of aromatic amines is 1. The van der Waals surface area contributed by atoms with Gasteiger partial charge < -0.3 is 15.0 Å². The second-order valence-corrected chi connectivity index (χ2v) is 5.36. The third-order valence-electron chi connectivity index (χ3n) is 3.50. The van der Waals surface area contributed by atoms with Gasteiger partial charge in [0, 0.05) is 17.3 Å². The van der Waals surface area contributed by atoms with Gasteiger partial charge in [-0.05, 0) is 36.8 Å². The Labute approximate surface area is 144 Å². The Morgan fingerprint density at radius 2 is 1.92 bits per heavy atom. The van der Waals surface area contributed by atoms with Crippen LogP contribution in [0.1, 0.15) is 23.0 Å². The van der Waals surface area contributed by atoms with Crippen molar-refractivity contribution in [1.29, 1.82) is 0 Å². The van der Waals surface area contributed by atoms with Crippen LogP contribution in [0.4, 0.5) is 5.82 Å². The molecule has 3 rings (SSSR count). The summed E-state index contributed by atoms with van der Waals surface area (Å²) in [4.78, 5) is 30.7. The van der Waals surface area contributed by atoms with Crippen molar-refractivity contribution in [2.75, 3.05) is 5.32 Å². The van der Waals surface area contributed by atoms with E-state index in [9.17, 15) is 9.59 Å². The second kappa shape index (κ2) is 7.44. The standard InChI is InChI=1S/C19H17N3O3/c1-2-14-10-13(11-18(23)21-14)19(24)22-17-9-8-16(12-20-17)25-15-6-4-3-5-7-15/h3-12H,2H2,1H3,(H,21,23)(H,20,22,24). The number of nitrogens with zero attached hydrogens (tertiary/aromatic N) is 1. The highest BCUT2D eigenvalue weighted by Gasteiger charge is 2.09. The lowest BCUT2D eigenvalue weighted by molar-refractivity contribution is 0.102. The molecule has 0 aliphatic heterocycles. The largest absolute Gasteiger partial charge is 0.456 e. The molecule has 0 atom stereocenters. The third-order valence-corrected chi connectivity index (χ3v) is 3.50. The zero-order valence-electron chi connectivity index (χ0n) is 13.7. The summed E-state index contributed by atoms with van der Waals surface area (Å²) in [6.45, 7) is 1.90. The topological polar surface area (TPSA) is 84.1 Å². The Hall–Kier alpha value is -3.41. The maximum absolute atomic E-state index is 12.3. The van der Waals surface area contributed by atoms with Gasteiger partial charge in [-0.3, -0.25) is 9.59 Å². The smallest absolute Gasteiger partial charge is 0.257 e. The number of hydrogen-bond acceptors (Lipinski definition) is 4. The Balaban J connectivity index is 1.70. The average molecular weight is 335 g/mol. The van der Waals surface area contributed by atoms with Crippen LogP contribution in [0.5, 0.6) is 11.5 Å². The summed E-state index contributed by atoms with van der Waals surface area (Å²) < 4.78 is 5.65. The highest BCUT2D eigenvalue weighted by molar-refractivity contribution is 6.03. The summed E-state index contributed by atoms with van der Waals surface area (Å²) in [5.41, 5.74) is 0.702. The molecule has 3 aromatic rings. The molecule has 6 nitrogen and oxygen atoms in total. The van der Waals surface area contributed by atoms with Gasteiger partial charge in [-0.25, -0.2) is 4.98 Å². The molecule has 0 radical (unpaired) electrons. The molecule has 1 aromatic carbocycles. The molecule has 0 spiro atoms. The molecule has 126 valence electrons. The minimum absolute atomic E-state index is 0.298. The fourth-order valence-corrected chi connectivity index (χ4v) is 2.25. The van der Waals surface area contributed by atoms with Crippen molar-refractivity contribution in [3.05, 3.63) is 82.4 Å². The third kappa shape index (κ3) is 4.32. The molecule has 0 fully saturated rings. The summed E-state index contributed by atoms with van der Waals surface area (Å²) in [5, 5.41) is 2.67. The van der Waals surface area contributed by atoms with E-state index in [1.54, 1.807) is 18.2 Å². The van der Waals surface area contributed by atoms with E-state index in [0.717, 1.165) is 0 Å². The van der Waals surface area contributed by atoms with E-state index < -0.39 is 0 Å². The number of rotatable bonds is 5. The van der Waals surface area contributed by atoms with Crippen LogP contribution in [0.25, 0.3) is 0 Å². The van der Waals surface area contributed by atoms with Gasteiger partial charge in [0.2, 0.25) is 5.56 Å². The molecule has 0 bridgehead atoms. The molecule has 6 heteroatoms. The van der Waals surface area contributed by atoms with E-state index in [1.807, 2.05) is 37.3 Å². The molecule has 0 saturated heterocycles. The summed E-state index contributed by atoms with van der Waals surface area (Å²) in [7, 11) is 0. The van der Waals surface area contributed by atoms with Crippen molar-refractivity contribution < 1.29 is 9.53 Å². The number of amides is 1. The van der Waals surface area contributed by atoms with Gasteiger partial charge in [0.05, 0.1) is 6.20 Å². The normalized spacial score (nSPS) is 10.3. The summed E-state index contributed by atoms with van der Waals surface area (Å²) in [6.07, 6.45) is 2.16. The summed E-state index contributed by atoms with van der Waals surface area (Å²) in [5.74, 6) is 1.26. The summed E-state index contributed by atoms with van der Waals surface area (Å²) in [6, 6.07) is 15.6. The number of hydrogen-bond donors (Lipinski definition) is 2. The number of ether oxygens (including phenoxy) is 1. The lowest BCUT2D eigenvalue weighted by Crippen LogP contribution is -2.17. The maximum Gasteiger partial charge on any atom is 0.257 e. The van der Waals surface area contributed by atoms with Crippen LogP contribution in [0, 0.1) is 0 Å². The van der Waals surface area contributed by atoms with Crippen LogP contribution in [-0.2, 0) is 6.42 Å². The first-order valence-corrected chi connectivity index (χ1v) is 7.87. The van der Waals surface area contributed by atoms with Crippen LogP contribution in [0.2, 0.25) is 0 Å². The van der Waals surface area contributed by atoms with Crippen molar-refractivity contribution >= 4 is 11.7 Å². The first kappa shape index (κ1) is 16.4. The molecular weight excluding hydrogens is 318 g/mol. The van der Waals surface area contributed by atoms with Gasteiger partial charge in [0.15, 0.2) is 0 Å². The van der Waals surface area contributed by atoms with Crippen LogP contribution in [-0.4, -0.2) is 15.9 Å². The number of carbonyl (C=O) groups excluding carboxylic acids is 1. The fraction of sp³-hybridized carbons (Fsp3) is 0.105. The Morgan fingerprint density at radius 3 is 2.60 bits per heavy atom. The number of nitrogens with one attached hydrogen (secondary N) is 2. The van der Waals surface area contributed by atoms with Gasteiger partial charge in [-0.2, -0.15) is 0 Å². The lowest BCUT2D eigenvalue weighted by Gasteiger charge is -2.08. The van der Waals surface area contributed by atoms with Crippen molar-refractivity contribution in [2.24, 2.45) is 0 Å². The Morgan fingerprint density at radius 1 is 1.12 bits per heavy atom. The van der Waals surface area contributed by atoms with Gasteiger partial charge in [-0.1, -0.05) is 25.1 Å². The molecule has 0 unspecified atom stereocenters. The van der Waals surface area contributed by atoms with Gasteiger partial charge in [0.25, 0.3) is 5.91 Å². The molecule has 0 saturated carbocycles.